The van der Waals surface area contributed by atoms with Gasteiger partial charge in [-0.3, -0.25) is 0 Å². The maximum absolute atomic E-state index is 4.51. The zero-order valence-electron chi connectivity index (χ0n) is 11.7. The first kappa shape index (κ1) is 11.7. The van der Waals surface area contributed by atoms with E-state index in [1.54, 1.807) is 6.33 Å². The first-order valence-electron chi connectivity index (χ1n) is 7.09. The summed E-state index contributed by atoms with van der Waals surface area (Å²) in [6, 6.07) is 6.62. The summed E-state index contributed by atoms with van der Waals surface area (Å²) in [7, 11) is 0. The fourth-order valence-corrected chi connectivity index (χ4v) is 3.27. The summed E-state index contributed by atoms with van der Waals surface area (Å²) in [4.78, 5) is 11.4. The van der Waals surface area contributed by atoms with Gasteiger partial charge >= 0.3 is 0 Å². The average Bonchev–Trinajstić information content (AvgIpc) is 3.05. The molecule has 1 unspecified atom stereocenters. The van der Waals surface area contributed by atoms with E-state index in [0.717, 1.165) is 18.7 Å². The summed E-state index contributed by atoms with van der Waals surface area (Å²) in [5.74, 6) is 0. The summed E-state index contributed by atoms with van der Waals surface area (Å²) in [5, 5.41) is 4.89. The molecule has 0 saturated carbocycles. The van der Waals surface area contributed by atoms with Gasteiger partial charge in [0, 0.05) is 35.3 Å². The lowest BCUT2D eigenvalue weighted by atomic mass is 9.99. The molecule has 102 valence electrons. The maximum atomic E-state index is 4.51. The Kier molecular flexibility index (Phi) is 2.47. The van der Waals surface area contributed by atoms with Crippen LogP contribution >= 0.6 is 0 Å². The minimum absolute atomic E-state index is 0.164. The molecule has 0 radical (unpaired) electrons. The number of hydrogen-bond acceptors (Lipinski definition) is 2. The largest absolute Gasteiger partial charge is 0.356 e. The van der Waals surface area contributed by atoms with Gasteiger partial charge in [0.05, 0.1) is 18.1 Å². The van der Waals surface area contributed by atoms with Crippen LogP contribution in [0.4, 0.5) is 0 Å². The number of aryl methyl sites for hydroxylation is 2. The Morgan fingerprint density at radius 1 is 1.25 bits per heavy atom. The molecule has 1 atom stereocenters. The molecule has 0 saturated heterocycles. The Balaban J connectivity index is 1.92. The van der Waals surface area contributed by atoms with Crippen LogP contribution in [0.25, 0.3) is 10.9 Å². The van der Waals surface area contributed by atoms with Crippen molar-refractivity contribution in [2.24, 2.45) is 0 Å². The van der Waals surface area contributed by atoms with Gasteiger partial charge in [0.25, 0.3) is 0 Å². The number of imidazole rings is 1. The number of para-hydroxylation sites is 1. The summed E-state index contributed by atoms with van der Waals surface area (Å²) in [6.45, 7) is 5.32. The molecule has 2 aromatic heterocycles. The maximum Gasteiger partial charge on any atom is 0.0926 e. The number of nitrogens with one attached hydrogen (secondary N) is 3. The molecule has 3 N–H and O–H groups in total. The lowest BCUT2D eigenvalue weighted by Gasteiger charge is -2.23. The van der Waals surface area contributed by atoms with E-state index in [4.69, 9.17) is 0 Å². The summed E-state index contributed by atoms with van der Waals surface area (Å²) in [5.41, 5.74) is 7.46. The first-order chi connectivity index (χ1) is 9.75. The van der Waals surface area contributed by atoms with Gasteiger partial charge in [-0.2, -0.15) is 0 Å². The van der Waals surface area contributed by atoms with Crippen LogP contribution in [0.2, 0.25) is 0 Å². The second-order valence-electron chi connectivity index (χ2n) is 5.56. The summed E-state index contributed by atoms with van der Waals surface area (Å²) < 4.78 is 0. The SMILES string of the molecule is Cc1c(C2NCCc3[nH]cnc32)[nH]c2c(C)cccc12. The van der Waals surface area contributed by atoms with Crippen molar-refractivity contribution in [3.05, 3.63) is 52.7 Å². The predicted octanol–water partition coefficient (Wildman–Crippen LogP) is 2.74. The van der Waals surface area contributed by atoms with Crippen LogP contribution < -0.4 is 5.32 Å². The minimum Gasteiger partial charge on any atom is -0.356 e. The quantitative estimate of drug-likeness (QED) is 0.634. The molecule has 20 heavy (non-hydrogen) atoms. The van der Waals surface area contributed by atoms with E-state index in [2.05, 4.69) is 52.3 Å². The monoisotopic (exact) mass is 266 g/mol. The Morgan fingerprint density at radius 3 is 3.00 bits per heavy atom. The number of aromatic nitrogens is 3. The second-order valence-corrected chi connectivity index (χ2v) is 5.56. The van der Waals surface area contributed by atoms with Crippen molar-refractivity contribution in [3.63, 3.8) is 0 Å². The van der Waals surface area contributed by atoms with Crippen molar-refractivity contribution in [2.45, 2.75) is 26.3 Å². The van der Waals surface area contributed by atoms with Crippen LogP contribution in [0.5, 0.6) is 0 Å². The van der Waals surface area contributed by atoms with E-state index in [1.807, 2.05) is 0 Å². The van der Waals surface area contributed by atoms with Crippen LogP contribution in [0.3, 0.4) is 0 Å². The van der Waals surface area contributed by atoms with Gasteiger partial charge in [0.15, 0.2) is 0 Å². The average molecular weight is 266 g/mol. The van der Waals surface area contributed by atoms with Crippen molar-refractivity contribution >= 4 is 10.9 Å². The van der Waals surface area contributed by atoms with E-state index < -0.39 is 0 Å². The van der Waals surface area contributed by atoms with Crippen LogP contribution in [-0.4, -0.2) is 21.5 Å². The van der Waals surface area contributed by atoms with Crippen molar-refractivity contribution < 1.29 is 0 Å². The number of hydrogen-bond donors (Lipinski definition) is 3. The molecule has 0 aliphatic carbocycles. The number of benzene rings is 1. The normalized spacial score (nSPS) is 18.4. The topological polar surface area (TPSA) is 56.5 Å². The molecule has 0 fully saturated rings. The molecule has 0 spiro atoms. The molecule has 1 aliphatic heterocycles. The number of rotatable bonds is 1. The number of nitrogens with zero attached hydrogens (tertiary/aromatic N) is 1. The zero-order chi connectivity index (χ0) is 13.7. The smallest absolute Gasteiger partial charge is 0.0926 e. The highest BCUT2D eigenvalue weighted by Gasteiger charge is 2.27. The van der Waals surface area contributed by atoms with Gasteiger partial charge in [0.1, 0.15) is 0 Å². The van der Waals surface area contributed by atoms with Crippen molar-refractivity contribution in [3.8, 4) is 0 Å². The fourth-order valence-electron chi connectivity index (χ4n) is 3.27. The Bertz CT molecular complexity index is 781. The van der Waals surface area contributed by atoms with Crippen molar-refractivity contribution in [1.82, 2.24) is 20.3 Å². The van der Waals surface area contributed by atoms with Crippen molar-refractivity contribution in [1.29, 1.82) is 0 Å². The molecule has 4 nitrogen and oxygen atoms in total. The molecule has 1 aromatic carbocycles. The van der Waals surface area contributed by atoms with Gasteiger partial charge in [-0.15, -0.1) is 0 Å². The second kappa shape index (κ2) is 4.21. The van der Waals surface area contributed by atoms with Gasteiger partial charge in [0.2, 0.25) is 0 Å². The Labute approximate surface area is 117 Å². The standard InChI is InChI=1S/C16H18N4/c1-9-4-3-5-11-10(2)14(20-13(9)11)16-15-12(6-7-17-16)18-8-19-15/h3-5,8,16-17,20H,6-7H2,1-2H3,(H,18,19). The molecule has 1 aliphatic rings. The van der Waals surface area contributed by atoms with Gasteiger partial charge < -0.3 is 15.3 Å². The lowest BCUT2D eigenvalue weighted by Crippen LogP contribution is -2.31. The molecule has 3 heterocycles. The number of aromatic amines is 2. The van der Waals surface area contributed by atoms with Crippen molar-refractivity contribution in [2.75, 3.05) is 6.54 Å². The number of H-pyrrole nitrogens is 2. The zero-order valence-corrected chi connectivity index (χ0v) is 11.7. The molecule has 0 bridgehead atoms. The van der Waals surface area contributed by atoms with Crippen LogP contribution in [0.1, 0.15) is 34.3 Å². The third kappa shape index (κ3) is 1.55. The third-order valence-electron chi connectivity index (χ3n) is 4.38. The molecule has 3 aromatic rings. The molecule has 0 amide bonds. The summed E-state index contributed by atoms with van der Waals surface area (Å²) >= 11 is 0. The highest BCUT2D eigenvalue weighted by molar-refractivity contribution is 5.87. The molecule has 4 heteroatoms. The minimum atomic E-state index is 0.164. The van der Waals surface area contributed by atoms with Crippen LogP contribution in [0.15, 0.2) is 24.5 Å². The van der Waals surface area contributed by atoms with Gasteiger partial charge in [-0.1, -0.05) is 18.2 Å². The van der Waals surface area contributed by atoms with E-state index in [1.165, 1.54) is 33.4 Å². The van der Waals surface area contributed by atoms with E-state index >= 15 is 0 Å². The first-order valence-corrected chi connectivity index (χ1v) is 7.09. The Hall–Kier alpha value is -2.07. The van der Waals surface area contributed by atoms with E-state index in [9.17, 15) is 0 Å². The highest BCUT2D eigenvalue weighted by atomic mass is 15.0. The fraction of sp³-hybridized carbons (Fsp3) is 0.312. The van der Waals surface area contributed by atoms with E-state index in [-0.39, 0.29) is 6.04 Å². The van der Waals surface area contributed by atoms with E-state index in [0.29, 0.717) is 0 Å². The Morgan fingerprint density at radius 2 is 2.15 bits per heavy atom. The molecule has 4 rings (SSSR count). The van der Waals surface area contributed by atoms with Crippen LogP contribution in [0, 0.1) is 13.8 Å². The number of fused-ring (bicyclic) bond motifs is 2. The van der Waals surface area contributed by atoms with Gasteiger partial charge in [-0.05, 0) is 25.0 Å². The van der Waals surface area contributed by atoms with Crippen LogP contribution in [-0.2, 0) is 6.42 Å². The third-order valence-corrected chi connectivity index (χ3v) is 4.38. The lowest BCUT2D eigenvalue weighted by molar-refractivity contribution is 0.544. The highest BCUT2D eigenvalue weighted by Crippen LogP contribution is 2.32. The van der Waals surface area contributed by atoms with Gasteiger partial charge in [-0.25, -0.2) is 4.98 Å². The predicted molar refractivity (Wildman–Crippen MR) is 79.9 cm³/mol. The molecular weight excluding hydrogens is 248 g/mol. The summed E-state index contributed by atoms with van der Waals surface area (Å²) in [6.07, 6.45) is 2.82. The molecular formula is C16H18N4.